The molecule has 4 rings (SSSR count). The van der Waals surface area contributed by atoms with Gasteiger partial charge in [-0.2, -0.15) is 0 Å². The molecule has 0 spiro atoms. The summed E-state index contributed by atoms with van der Waals surface area (Å²) in [7, 11) is 1.64. The fourth-order valence-electron chi connectivity index (χ4n) is 4.19. The molecule has 1 saturated heterocycles. The average Bonchev–Trinajstić information content (AvgIpc) is 2.82. The third-order valence-corrected chi connectivity index (χ3v) is 5.81. The van der Waals surface area contributed by atoms with Gasteiger partial charge >= 0.3 is 0 Å². The van der Waals surface area contributed by atoms with E-state index in [2.05, 4.69) is 36.9 Å². The molecule has 1 fully saturated rings. The first kappa shape index (κ1) is 21.8. The standard InChI is InChI=1S/C27H30N2O3/c1-20-15-21(2)17-25(16-20)32-19-23-18-22(9-10-26(23)31-3)27(30)29-13-11-28(12-14-29)24-7-5-4-6-8-24/h4-10,15-18H,11-14,19H2,1-3H3. The predicted octanol–water partition coefficient (Wildman–Crippen LogP) is 4.85. The van der Waals surface area contributed by atoms with Crippen LogP contribution in [0.2, 0.25) is 0 Å². The van der Waals surface area contributed by atoms with Gasteiger partial charge in [0.15, 0.2) is 0 Å². The summed E-state index contributed by atoms with van der Waals surface area (Å²) in [5.74, 6) is 1.59. The van der Waals surface area contributed by atoms with E-state index < -0.39 is 0 Å². The maximum absolute atomic E-state index is 13.2. The topological polar surface area (TPSA) is 42.0 Å². The first-order chi connectivity index (χ1) is 15.5. The van der Waals surface area contributed by atoms with Gasteiger partial charge in [0.2, 0.25) is 0 Å². The third kappa shape index (κ3) is 5.05. The number of hydrogen-bond donors (Lipinski definition) is 0. The highest BCUT2D eigenvalue weighted by molar-refractivity contribution is 5.94. The minimum atomic E-state index is 0.0491. The molecule has 0 aromatic heterocycles. The molecule has 1 aliphatic heterocycles. The molecule has 1 heterocycles. The summed E-state index contributed by atoms with van der Waals surface area (Å²) in [4.78, 5) is 17.4. The zero-order chi connectivity index (χ0) is 22.5. The zero-order valence-electron chi connectivity index (χ0n) is 19.0. The molecule has 0 unspecified atom stereocenters. The Morgan fingerprint density at radius 3 is 2.22 bits per heavy atom. The van der Waals surface area contributed by atoms with Crippen LogP contribution in [-0.4, -0.2) is 44.1 Å². The van der Waals surface area contributed by atoms with Crippen LogP contribution in [-0.2, 0) is 6.61 Å². The van der Waals surface area contributed by atoms with Crippen LogP contribution in [0.5, 0.6) is 11.5 Å². The van der Waals surface area contributed by atoms with Gasteiger partial charge in [-0.25, -0.2) is 0 Å². The van der Waals surface area contributed by atoms with E-state index in [1.54, 1.807) is 7.11 Å². The van der Waals surface area contributed by atoms with Crippen molar-refractivity contribution in [3.8, 4) is 11.5 Å². The lowest BCUT2D eigenvalue weighted by atomic mass is 10.1. The average molecular weight is 431 g/mol. The molecule has 1 amide bonds. The van der Waals surface area contributed by atoms with Crippen LogP contribution < -0.4 is 14.4 Å². The van der Waals surface area contributed by atoms with Gasteiger partial charge in [-0.1, -0.05) is 24.3 Å². The largest absolute Gasteiger partial charge is 0.496 e. The monoisotopic (exact) mass is 430 g/mol. The van der Waals surface area contributed by atoms with E-state index in [1.165, 1.54) is 5.69 Å². The summed E-state index contributed by atoms with van der Waals surface area (Å²) in [6, 6.07) is 22.1. The number of benzene rings is 3. The molecule has 166 valence electrons. The summed E-state index contributed by atoms with van der Waals surface area (Å²) in [6.45, 7) is 7.51. The lowest BCUT2D eigenvalue weighted by Gasteiger charge is -2.36. The van der Waals surface area contributed by atoms with E-state index in [4.69, 9.17) is 9.47 Å². The number of aryl methyl sites for hydroxylation is 2. The first-order valence-corrected chi connectivity index (χ1v) is 11.0. The molecule has 3 aromatic rings. The van der Waals surface area contributed by atoms with Gasteiger partial charge < -0.3 is 19.3 Å². The van der Waals surface area contributed by atoms with Gasteiger partial charge in [0.25, 0.3) is 5.91 Å². The summed E-state index contributed by atoms with van der Waals surface area (Å²) in [6.07, 6.45) is 0. The normalized spacial score (nSPS) is 13.7. The Labute approximate surface area is 190 Å². The first-order valence-electron chi connectivity index (χ1n) is 11.0. The molecular formula is C27H30N2O3. The molecule has 0 atom stereocenters. The number of ether oxygens (including phenoxy) is 2. The van der Waals surface area contributed by atoms with Gasteiger partial charge in [-0.15, -0.1) is 0 Å². The number of piperazine rings is 1. The predicted molar refractivity (Wildman–Crippen MR) is 128 cm³/mol. The van der Waals surface area contributed by atoms with Crippen molar-refractivity contribution in [2.45, 2.75) is 20.5 Å². The quantitative estimate of drug-likeness (QED) is 0.560. The van der Waals surface area contributed by atoms with Crippen LogP contribution in [0.3, 0.4) is 0 Å². The summed E-state index contributed by atoms with van der Waals surface area (Å²) >= 11 is 0. The molecule has 5 heteroatoms. The Morgan fingerprint density at radius 1 is 0.875 bits per heavy atom. The van der Waals surface area contributed by atoms with Crippen LogP contribution >= 0.6 is 0 Å². The highest BCUT2D eigenvalue weighted by Gasteiger charge is 2.23. The summed E-state index contributed by atoms with van der Waals surface area (Å²) < 4.78 is 11.5. The second kappa shape index (κ2) is 9.77. The molecule has 3 aromatic carbocycles. The Bertz CT molecular complexity index is 1050. The van der Waals surface area contributed by atoms with Gasteiger partial charge in [-0.05, 0) is 67.4 Å². The van der Waals surface area contributed by atoms with Gasteiger partial charge in [-0.3, -0.25) is 4.79 Å². The number of methoxy groups -OCH3 is 1. The van der Waals surface area contributed by atoms with Crippen molar-refractivity contribution in [1.82, 2.24) is 4.90 Å². The van der Waals surface area contributed by atoms with E-state index in [1.807, 2.05) is 53.4 Å². The Kier molecular flexibility index (Phi) is 6.64. The molecule has 0 aliphatic carbocycles. The maximum Gasteiger partial charge on any atom is 0.253 e. The van der Waals surface area contributed by atoms with E-state index >= 15 is 0 Å². The van der Waals surface area contributed by atoms with Crippen molar-refractivity contribution in [2.75, 3.05) is 38.2 Å². The van der Waals surface area contributed by atoms with E-state index in [-0.39, 0.29) is 5.91 Å². The summed E-state index contributed by atoms with van der Waals surface area (Å²) in [5.41, 5.74) is 5.05. The van der Waals surface area contributed by atoms with Crippen LogP contribution in [0.4, 0.5) is 5.69 Å². The number of para-hydroxylation sites is 1. The van der Waals surface area contributed by atoms with Gasteiger partial charge in [0, 0.05) is 43.0 Å². The number of carbonyl (C=O) groups is 1. The third-order valence-electron chi connectivity index (χ3n) is 5.81. The van der Waals surface area contributed by atoms with Crippen molar-refractivity contribution in [1.29, 1.82) is 0 Å². The second-order valence-corrected chi connectivity index (χ2v) is 8.25. The van der Waals surface area contributed by atoms with E-state index in [9.17, 15) is 4.79 Å². The molecule has 32 heavy (non-hydrogen) atoms. The lowest BCUT2D eigenvalue weighted by molar-refractivity contribution is 0.0746. The SMILES string of the molecule is COc1ccc(C(=O)N2CCN(c3ccccc3)CC2)cc1COc1cc(C)cc(C)c1. The van der Waals surface area contributed by atoms with E-state index in [0.29, 0.717) is 25.3 Å². The Balaban J connectivity index is 1.44. The fraction of sp³-hybridized carbons (Fsp3) is 0.296. The highest BCUT2D eigenvalue weighted by Crippen LogP contribution is 2.25. The van der Waals surface area contributed by atoms with Crippen LogP contribution in [0.1, 0.15) is 27.0 Å². The van der Waals surface area contributed by atoms with Crippen molar-refractivity contribution in [3.63, 3.8) is 0 Å². The fourth-order valence-corrected chi connectivity index (χ4v) is 4.19. The highest BCUT2D eigenvalue weighted by atomic mass is 16.5. The van der Waals surface area contributed by atoms with Crippen molar-refractivity contribution in [2.24, 2.45) is 0 Å². The molecule has 0 N–H and O–H groups in total. The van der Waals surface area contributed by atoms with Crippen molar-refractivity contribution >= 4 is 11.6 Å². The number of hydrogen-bond acceptors (Lipinski definition) is 4. The smallest absolute Gasteiger partial charge is 0.253 e. The number of nitrogens with zero attached hydrogens (tertiary/aromatic N) is 2. The number of anilines is 1. The minimum absolute atomic E-state index is 0.0491. The van der Waals surface area contributed by atoms with Gasteiger partial charge in [0.05, 0.1) is 7.11 Å². The number of amides is 1. The number of rotatable bonds is 6. The summed E-state index contributed by atoms with van der Waals surface area (Å²) in [5, 5.41) is 0. The molecule has 0 bridgehead atoms. The maximum atomic E-state index is 13.2. The van der Waals surface area contributed by atoms with Crippen molar-refractivity contribution in [3.05, 3.63) is 89.0 Å². The van der Waals surface area contributed by atoms with Crippen LogP contribution in [0, 0.1) is 13.8 Å². The van der Waals surface area contributed by atoms with Crippen LogP contribution in [0.15, 0.2) is 66.7 Å². The molecule has 0 radical (unpaired) electrons. The minimum Gasteiger partial charge on any atom is -0.496 e. The zero-order valence-corrected chi connectivity index (χ0v) is 19.0. The number of carbonyl (C=O) groups excluding carboxylic acids is 1. The Hall–Kier alpha value is -3.47. The lowest BCUT2D eigenvalue weighted by Crippen LogP contribution is -2.48. The Morgan fingerprint density at radius 2 is 1.56 bits per heavy atom. The molecule has 0 saturated carbocycles. The molecule has 5 nitrogen and oxygen atoms in total. The second-order valence-electron chi connectivity index (χ2n) is 8.25. The van der Waals surface area contributed by atoms with E-state index in [0.717, 1.165) is 41.3 Å². The van der Waals surface area contributed by atoms with Crippen molar-refractivity contribution < 1.29 is 14.3 Å². The molecular weight excluding hydrogens is 400 g/mol. The van der Waals surface area contributed by atoms with Gasteiger partial charge in [0.1, 0.15) is 18.1 Å². The van der Waals surface area contributed by atoms with Crippen LogP contribution in [0.25, 0.3) is 0 Å². The molecule has 1 aliphatic rings.